The summed E-state index contributed by atoms with van der Waals surface area (Å²) in [7, 11) is 0. The Hall–Kier alpha value is -2.18. The Morgan fingerprint density at radius 3 is 1.70 bits per heavy atom. The molecule has 0 aliphatic rings. The van der Waals surface area contributed by atoms with Crippen LogP contribution in [0.15, 0.2) is 84.9 Å². The van der Waals surface area contributed by atoms with Crippen molar-refractivity contribution in [2.24, 2.45) is 0 Å². The molecule has 0 amide bonds. The lowest BCUT2D eigenvalue weighted by molar-refractivity contribution is -0.143. The molecular weight excluding hydrogens is 449 g/mol. The van der Waals surface area contributed by atoms with Crippen molar-refractivity contribution >= 4 is 28.6 Å². The minimum atomic E-state index is -0.791. The molecule has 0 spiro atoms. The van der Waals surface area contributed by atoms with Crippen molar-refractivity contribution in [1.82, 2.24) is 4.90 Å². The molecule has 27 heavy (non-hydrogen) atoms. The topological polar surface area (TPSA) is 40.5 Å². The number of carboxylic acid groups (broad SMARTS) is 1. The zero-order valence-corrected chi connectivity index (χ0v) is 17.1. The van der Waals surface area contributed by atoms with E-state index in [0.717, 1.165) is 20.3 Å². The molecule has 0 aliphatic carbocycles. The highest BCUT2D eigenvalue weighted by Crippen LogP contribution is 2.18. The van der Waals surface area contributed by atoms with Gasteiger partial charge in [0.2, 0.25) is 0 Å². The quantitative estimate of drug-likeness (QED) is 0.471. The lowest BCUT2D eigenvalue weighted by Gasteiger charge is -2.29. The summed E-state index contributed by atoms with van der Waals surface area (Å²) < 4.78 is 1.15. The number of benzene rings is 3. The fraction of sp³-hybridized carbons (Fsp3) is 0.174. The number of hydrogen-bond donors (Lipinski definition) is 1. The van der Waals surface area contributed by atoms with Gasteiger partial charge in [-0.1, -0.05) is 72.8 Å². The molecule has 4 heteroatoms. The van der Waals surface area contributed by atoms with Crippen molar-refractivity contribution in [3.05, 3.63) is 105 Å². The first kappa shape index (κ1) is 19.6. The van der Waals surface area contributed by atoms with Gasteiger partial charge in [-0.05, 0) is 57.8 Å². The number of nitrogens with zero attached hydrogens (tertiary/aromatic N) is 1. The number of hydrogen-bond acceptors (Lipinski definition) is 2. The van der Waals surface area contributed by atoms with Crippen LogP contribution in [0.2, 0.25) is 0 Å². The fourth-order valence-electron chi connectivity index (χ4n) is 3.13. The van der Waals surface area contributed by atoms with Crippen molar-refractivity contribution in [3.63, 3.8) is 0 Å². The minimum Gasteiger partial charge on any atom is -0.480 e. The average Bonchev–Trinajstić information content (AvgIpc) is 2.68. The SMILES string of the molecule is O=C(O)[C@H](Cc1ccc(I)cc1)N(Cc1ccccc1)Cc1ccccc1. The number of carboxylic acids is 1. The second-order valence-electron chi connectivity index (χ2n) is 6.56. The Morgan fingerprint density at radius 2 is 1.26 bits per heavy atom. The van der Waals surface area contributed by atoms with Gasteiger partial charge in [0, 0.05) is 16.7 Å². The molecule has 0 fully saturated rings. The summed E-state index contributed by atoms with van der Waals surface area (Å²) in [6.07, 6.45) is 0.478. The monoisotopic (exact) mass is 471 g/mol. The molecule has 0 saturated carbocycles. The van der Waals surface area contributed by atoms with E-state index in [4.69, 9.17) is 0 Å². The summed E-state index contributed by atoms with van der Waals surface area (Å²) in [5.74, 6) is -0.791. The van der Waals surface area contributed by atoms with E-state index in [1.165, 1.54) is 0 Å². The second-order valence-corrected chi connectivity index (χ2v) is 7.81. The molecule has 0 aliphatic heterocycles. The van der Waals surface area contributed by atoms with Crippen LogP contribution in [0.4, 0.5) is 0 Å². The Kier molecular flexibility index (Phi) is 7.01. The molecule has 3 aromatic carbocycles. The number of rotatable bonds is 8. The summed E-state index contributed by atoms with van der Waals surface area (Å²) in [4.78, 5) is 14.2. The van der Waals surface area contributed by atoms with Gasteiger partial charge in [-0.2, -0.15) is 0 Å². The van der Waals surface area contributed by atoms with E-state index in [0.29, 0.717) is 19.5 Å². The molecule has 1 atom stereocenters. The van der Waals surface area contributed by atoms with Crippen LogP contribution in [-0.4, -0.2) is 22.0 Å². The van der Waals surface area contributed by atoms with Crippen LogP contribution in [0.5, 0.6) is 0 Å². The summed E-state index contributed by atoms with van der Waals surface area (Å²) in [5, 5.41) is 9.97. The predicted octanol–water partition coefficient (Wildman–Crippen LogP) is 4.99. The van der Waals surface area contributed by atoms with Crippen LogP contribution in [0.1, 0.15) is 16.7 Å². The largest absolute Gasteiger partial charge is 0.480 e. The van der Waals surface area contributed by atoms with Crippen molar-refractivity contribution in [1.29, 1.82) is 0 Å². The van der Waals surface area contributed by atoms with Gasteiger partial charge in [0.05, 0.1) is 0 Å². The minimum absolute atomic E-state index is 0.478. The lowest BCUT2D eigenvalue weighted by Crippen LogP contribution is -2.42. The average molecular weight is 471 g/mol. The van der Waals surface area contributed by atoms with E-state index < -0.39 is 12.0 Å². The molecule has 0 bridgehead atoms. The van der Waals surface area contributed by atoms with Gasteiger partial charge in [-0.3, -0.25) is 9.69 Å². The Balaban J connectivity index is 1.86. The highest BCUT2D eigenvalue weighted by atomic mass is 127. The molecule has 0 unspecified atom stereocenters. The van der Waals surface area contributed by atoms with E-state index in [9.17, 15) is 9.90 Å². The zero-order valence-electron chi connectivity index (χ0n) is 15.0. The molecular formula is C23H22INO2. The lowest BCUT2D eigenvalue weighted by atomic mass is 10.0. The van der Waals surface area contributed by atoms with E-state index >= 15 is 0 Å². The van der Waals surface area contributed by atoms with Crippen LogP contribution in [0.25, 0.3) is 0 Å². The van der Waals surface area contributed by atoms with Crippen LogP contribution < -0.4 is 0 Å². The van der Waals surface area contributed by atoms with Gasteiger partial charge < -0.3 is 5.11 Å². The highest BCUT2D eigenvalue weighted by molar-refractivity contribution is 14.1. The Labute approximate surface area is 173 Å². The molecule has 1 N–H and O–H groups in total. The first-order valence-electron chi connectivity index (χ1n) is 8.91. The fourth-order valence-corrected chi connectivity index (χ4v) is 3.49. The van der Waals surface area contributed by atoms with Crippen molar-refractivity contribution < 1.29 is 9.90 Å². The standard InChI is InChI=1S/C23H22INO2/c24-21-13-11-18(12-14-21)15-22(23(26)27)25(16-19-7-3-1-4-8-19)17-20-9-5-2-6-10-20/h1-14,22H,15-17H2,(H,26,27)/t22-/m0/s1. The van der Waals surface area contributed by atoms with E-state index in [1.54, 1.807) is 0 Å². The zero-order chi connectivity index (χ0) is 19.1. The van der Waals surface area contributed by atoms with Gasteiger partial charge in [0.15, 0.2) is 0 Å². The number of aliphatic carboxylic acids is 1. The molecule has 0 saturated heterocycles. The van der Waals surface area contributed by atoms with E-state index in [1.807, 2.05) is 89.8 Å². The van der Waals surface area contributed by atoms with Gasteiger partial charge in [-0.25, -0.2) is 0 Å². The summed E-state index contributed by atoms with van der Waals surface area (Å²) in [5.41, 5.74) is 3.26. The van der Waals surface area contributed by atoms with E-state index in [-0.39, 0.29) is 0 Å². The molecule has 0 aromatic heterocycles. The number of halogens is 1. The molecule has 0 radical (unpaired) electrons. The van der Waals surface area contributed by atoms with Crippen LogP contribution >= 0.6 is 22.6 Å². The third kappa shape index (κ3) is 5.91. The summed E-state index contributed by atoms with van der Waals surface area (Å²) in [6, 6.07) is 27.6. The van der Waals surface area contributed by atoms with Gasteiger partial charge in [0.1, 0.15) is 6.04 Å². The maximum absolute atomic E-state index is 12.1. The van der Waals surface area contributed by atoms with Crippen molar-refractivity contribution in [2.75, 3.05) is 0 Å². The molecule has 3 aromatic rings. The first-order valence-corrected chi connectivity index (χ1v) is 9.99. The van der Waals surface area contributed by atoms with E-state index in [2.05, 4.69) is 22.6 Å². The normalized spacial score (nSPS) is 12.1. The third-order valence-corrected chi connectivity index (χ3v) is 5.24. The summed E-state index contributed by atoms with van der Waals surface area (Å²) >= 11 is 2.26. The van der Waals surface area contributed by atoms with Crippen LogP contribution in [0.3, 0.4) is 0 Å². The predicted molar refractivity (Wildman–Crippen MR) is 116 cm³/mol. The van der Waals surface area contributed by atoms with Crippen molar-refractivity contribution in [3.8, 4) is 0 Å². The Bertz CT molecular complexity index is 809. The molecule has 3 rings (SSSR count). The van der Waals surface area contributed by atoms with Gasteiger partial charge in [-0.15, -0.1) is 0 Å². The van der Waals surface area contributed by atoms with Gasteiger partial charge in [0.25, 0.3) is 0 Å². The smallest absolute Gasteiger partial charge is 0.321 e. The second kappa shape index (κ2) is 9.67. The molecule has 0 heterocycles. The van der Waals surface area contributed by atoms with Crippen molar-refractivity contribution in [2.45, 2.75) is 25.6 Å². The maximum Gasteiger partial charge on any atom is 0.321 e. The molecule has 138 valence electrons. The number of carbonyl (C=O) groups is 1. The highest BCUT2D eigenvalue weighted by Gasteiger charge is 2.26. The Morgan fingerprint density at radius 1 is 0.778 bits per heavy atom. The molecule has 3 nitrogen and oxygen atoms in total. The third-order valence-electron chi connectivity index (χ3n) is 4.53. The maximum atomic E-state index is 12.1. The van der Waals surface area contributed by atoms with Crippen LogP contribution in [0, 0.1) is 3.57 Å². The first-order chi connectivity index (χ1) is 13.1. The van der Waals surface area contributed by atoms with Gasteiger partial charge >= 0.3 is 5.97 Å². The summed E-state index contributed by atoms with van der Waals surface area (Å²) in [6.45, 7) is 1.19. The van der Waals surface area contributed by atoms with Crippen LogP contribution in [-0.2, 0) is 24.3 Å².